The second kappa shape index (κ2) is 8.08. The van der Waals surface area contributed by atoms with E-state index in [1.165, 1.54) is 6.07 Å². The molecule has 0 spiro atoms. The van der Waals surface area contributed by atoms with Crippen LogP contribution in [0.25, 0.3) is 0 Å². The van der Waals surface area contributed by atoms with Crippen LogP contribution in [0.1, 0.15) is 25.3 Å². The van der Waals surface area contributed by atoms with Crippen LogP contribution in [-0.2, 0) is 11.3 Å². The zero-order chi connectivity index (χ0) is 17.0. The van der Waals surface area contributed by atoms with Crippen LogP contribution in [0.2, 0.25) is 5.02 Å². The van der Waals surface area contributed by atoms with Gasteiger partial charge in [0.25, 0.3) is 0 Å². The Labute approximate surface area is 142 Å². The van der Waals surface area contributed by atoms with Crippen LogP contribution in [0.15, 0.2) is 18.2 Å². The normalized spacial score (nSPS) is 20.3. The van der Waals surface area contributed by atoms with E-state index in [0.717, 1.165) is 25.9 Å². The summed E-state index contributed by atoms with van der Waals surface area (Å²) in [5.74, 6) is -0.390. The van der Waals surface area contributed by atoms with Gasteiger partial charge in [0.2, 0.25) is 5.91 Å². The van der Waals surface area contributed by atoms with Gasteiger partial charge in [0.05, 0.1) is 6.04 Å². The smallest absolute Gasteiger partial charge is 0.239 e. The third-order valence-corrected chi connectivity index (χ3v) is 4.95. The third kappa shape index (κ3) is 4.43. The summed E-state index contributed by atoms with van der Waals surface area (Å²) >= 11 is 6.05. The second-order valence-corrected chi connectivity index (χ2v) is 6.60. The minimum atomic E-state index is -0.377. The molecular weight excluding hydrogens is 317 g/mol. The fraction of sp³-hybridized carbons (Fsp3) is 0.588. The number of rotatable bonds is 5. The lowest BCUT2D eigenvalue weighted by Gasteiger charge is -2.37. The lowest BCUT2D eigenvalue weighted by Crippen LogP contribution is -2.52. The van der Waals surface area contributed by atoms with E-state index in [-0.39, 0.29) is 24.3 Å². The molecule has 2 unspecified atom stereocenters. The summed E-state index contributed by atoms with van der Waals surface area (Å²) in [6, 6.07) is 4.78. The van der Waals surface area contributed by atoms with Gasteiger partial charge in [-0.1, -0.05) is 17.7 Å². The molecule has 4 nitrogen and oxygen atoms in total. The van der Waals surface area contributed by atoms with Gasteiger partial charge in [0, 0.05) is 36.8 Å². The molecule has 128 valence electrons. The predicted molar refractivity (Wildman–Crippen MR) is 91.0 cm³/mol. The maximum absolute atomic E-state index is 13.9. The fourth-order valence-corrected chi connectivity index (χ4v) is 3.29. The highest BCUT2D eigenvalue weighted by Crippen LogP contribution is 2.21. The number of carbonyl (C=O) groups is 1. The fourth-order valence-electron chi connectivity index (χ4n) is 3.07. The lowest BCUT2D eigenvalue weighted by molar-refractivity contribution is -0.136. The molecule has 1 aromatic rings. The maximum atomic E-state index is 13.9. The minimum Gasteiger partial charge on any atom is -0.340 e. The van der Waals surface area contributed by atoms with E-state index in [0.29, 0.717) is 16.6 Å². The van der Waals surface area contributed by atoms with Crippen LogP contribution in [0.5, 0.6) is 0 Å². The first-order chi connectivity index (χ1) is 10.9. The monoisotopic (exact) mass is 341 g/mol. The first-order valence-corrected chi connectivity index (χ1v) is 8.41. The molecule has 2 atom stereocenters. The number of nitrogens with one attached hydrogen (secondary N) is 1. The van der Waals surface area contributed by atoms with Gasteiger partial charge in [-0.25, -0.2) is 4.39 Å². The van der Waals surface area contributed by atoms with Crippen molar-refractivity contribution < 1.29 is 9.18 Å². The number of hydrogen-bond acceptors (Lipinski definition) is 3. The second-order valence-electron chi connectivity index (χ2n) is 6.19. The number of likely N-dealkylation sites (tertiary alicyclic amines) is 1. The Morgan fingerprint density at radius 2 is 2.30 bits per heavy atom. The Morgan fingerprint density at radius 3 is 2.96 bits per heavy atom. The van der Waals surface area contributed by atoms with Crippen LogP contribution in [0.3, 0.4) is 0 Å². The van der Waals surface area contributed by atoms with Crippen molar-refractivity contribution in [1.82, 2.24) is 15.1 Å². The molecule has 0 bridgehead atoms. The van der Waals surface area contributed by atoms with Crippen molar-refractivity contribution in [1.29, 1.82) is 0 Å². The van der Waals surface area contributed by atoms with Crippen molar-refractivity contribution in [3.8, 4) is 0 Å². The molecule has 1 aromatic carbocycles. The molecule has 0 radical (unpaired) electrons. The van der Waals surface area contributed by atoms with Gasteiger partial charge < -0.3 is 10.2 Å². The zero-order valence-corrected chi connectivity index (χ0v) is 14.7. The number of nitrogens with zero attached hydrogens (tertiary/aromatic N) is 2. The summed E-state index contributed by atoms with van der Waals surface area (Å²) in [6.07, 6.45) is 2.21. The SMILES string of the molecule is CNC1CCCN(C(C)C(=O)N(C)Cc2c(F)cccc2Cl)C1. The molecular formula is C17H25ClFN3O. The summed E-state index contributed by atoms with van der Waals surface area (Å²) in [5.41, 5.74) is 0.365. The number of hydrogen-bond donors (Lipinski definition) is 1. The van der Waals surface area contributed by atoms with Crippen molar-refractivity contribution in [2.24, 2.45) is 0 Å². The molecule has 1 heterocycles. The van der Waals surface area contributed by atoms with E-state index in [2.05, 4.69) is 10.2 Å². The molecule has 1 N–H and O–H groups in total. The zero-order valence-electron chi connectivity index (χ0n) is 14.0. The number of amides is 1. The maximum Gasteiger partial charge on any atom is 0.239 e. The third-order valence-electron chi connectivity index (χ3n) is 4.60. The molecule has 0 aliphatic carbocycles. The summed E-state index contributed by atoms with van der Waals surface area (Å²) in [5, 5.41) is 3.63. The number of carbonyl (C=O) groups excluding carboxylic acids is 1. The molecule has 1 saturated heterocycles. The molecule has 6 heteroatoms. The van der Waals surface area contributed by atoms with Gasteiger partial charge in [-0.3, -0.25) is 9.69 Å². The highest BCUT2D eigenvalue weighted by molar-refractivity contribution is 6.31. The Bertz CT molecular complexity index is 534. The topological polar surface area (TPSA) is 35.6 Å². The molecule has 2 rings (SSSR count). The van der Waals surface area contributed by atoms with Gasteiger partial charge >= 0.3 is 0 Å². The van der Waals surface area contributed by atoms with E-state index in [1.807, 2.05) is 14.0 Å². The largest absolute Gasteiger partial charge is 0.340 e. The van der Waals surface area contributed by atoms with Crippen molar-refractivity contribution in [3.63, 3.8) is 0 Å². The summed E-state index contributed by atoms with van der Waals surface area (Å²) in [7, 11) is 3.65. The van der Waals surface area contributed by atoms with Crippen LogP contribution in [0, 0.1) is 5.82 Å². The summed E-state index contributed by atoms with van der Waals surface area (Å²) < 4.78 is 13.9. The van der Waals surface area contributed by atoms with Gasteiger partial charge in [-0.2, -0.15) is 0 Å². The average Bonchev–Trinajstić information content (AvgIpc) is 2.56. The Balaban J connectivity index is 2.01. The highest BCUT2D eigenvalue weighted by atomic mass is 35.5. The summed E-state index contributed by atoms with van der Waals surface area (Å²) in [6.45, 7) is 3.87. The Morgan fingerprint density at radius 1 is 1.57 bits per heavy atom. The van der Waals surface area contributed by atoms with Gasteiger partial charge in [0.1, 0.15) is 5.82 Å². The Kier molecular flexibility index (Phi) is 6.39. The van der Waals surface area contributed by atoms with Crippen molar-refractivity contribution in [3.05, 3.63) is 34.6 Å². The minimum absolute atomic E-state index is 0.0129. The van der Waals surface area contributed by atoms with Gasteiger partial charge in [0.15, 0.2) is 0 Å². The van der Waals surface area contributed by atoms with Crippen molar-refractivity contribution >= 4 is 17.5 Å². The van der Waals surface area contributed by atoms with E-state index in [9.17, 15) is 9.18 Å². The van der Waals surface area contributed by atoms with Gasteiger partial charge in [-0.15, -0.1) is 0 Å². The van der Waals surface area contributed by atoms with Crippen LogP contribution < -0.4 is 5.32 Å². The lowest BCUT2D eigenvalue weighted by atomic mass is 10.0. The summed E-state index contributed by atoms with van der Waals surface area (Å²) in [4.78, 5) is 16.4. The molecule has 1 amide bonds. The van der Waals surface area contributed by atoms with Crippen LogP contribution >= 0.6 is 11.6 Å². The van der Waals surface area contributed by atoms with E-state index >= 15 is 0 Å². The highest BCUT2D eigenvalue weighted by Gasteiger charge is 2.28. The average molecular weight is 342 g/mol. The van der Waals surface area contributed by atoms with Crippen LogP contribution in [-0.4, -0.2) is 55.0 Å². The first-order valence-electron chi connectivity index (χ1n) is 8.03. The molecule has 1 fully saturated rings. The molecule has 0 saturated carbocycles. The van der Waals surface area contributed by atoms with Gasteiger partial charge in [-0.05, 0) is 45.5 Å². The predicted octanol–water partition coefficient (Wildman–Crippen LogP) is 2.51. The number of halogens is 2. The Hall–Kier alpha value is -1.17. The van der Waals surface area contributed by atoms with Crippen molar-refractivity contribution in [2.75, 3.05) is 27.2 Å². The van der Waals surface area contributed by atoms with Crippen LogP contribution in [0.4, 0.5) is 4.39 Å². The van der Waals surface area contributed by atoms with E-state index < -0.39 is 0 Å². The standard InChI is InChI=1S/C17H25ClFN3O/c1-12(22-9-5-6-13(10-22)20-2)17(23)21(3)11-14-15(18)7-4-8-16(14)19/h4,7-8,12-13,20H,5-6,9-11H2,1-3H3. The number of likely N-dealkylation sites (N-methyl/N-ethyl adjacent to an activating group) is 2. The number of piperidine rings is 1. The van der Waals surface area contributed by atoms with E-state index in [4.69, 9.17) is 11.6 Å². The molecule has 0 aromatic heterocycles. The molecule has 23 heavy (non-hydrogen) atoms. The van der Waals surface area contributed by atoms with E-state index in [1.54, 1.807) is 24.1 Å². The van der Waals surface area contributed by atoms with Crippen molar-refractivity contribution in [2.45, 2.75) is 38.4 Å². The quantitative estimate of drug-likeness (QED) is 0.894. The first kappa shape index (κ1) is 18.2. The molecule has 1 aliphatic heterocycles. The number of benzene rings is 1. The molecule has 1 aliphatic rings.